The Balaban J connectivity index is 1.04. The summed E-state index contributed by atoms with van der Waals surface area (Å²) in [7, 11) is 0. The molecule has 0 unspecified atom stereocenters. The molecule has 9 aromatic rings. The average Bonchev–Trinajstić information content (AvgIpc) is 3.86. The Labute approximate surface area is 366 Å². The van der Waals surface area contributed by atoms with E-state index in [1.165, 1.54) is 132 Å². The van der Waals surface area contributed by atoms with Crippen molar-refractivity contribution >= 4 is 38.9 Å². The third-order valence-electron chi connectivity index (χ3n) is 15.0. The van der Waals surface area contributed by atoms with Crippen molar-refractivity contribution in [1.82, 2.24) is 4.57 Å². The van der Waals surface area contributed by atoms with Crippen LogP contribution in [-0.4, -0.2) is 4.57 Å². The normalized spacial score (nSPS) is 15.9. The highest BCUT2D eigenvalue weighted by Crippen LogP contribution is 2.57. The number of para-hydroxylation sites is 2. The van der Waals surface area contributed by atoms with Crippen LogP contribution in [0.4, 0.5) is 17.1 Å². The van der Waals surface area contributed by atoms with E-state index in [9.17, 15) is 0 Å². The zero-order valence-corrected chi connectivity index (χ0v) is 36.3. The van der Waals surface area contributed by atoms with Gasteiger partial charge < -0.3 is 9.47 Å². The molecule has 12 rings (SSSR count). The Morgan fingerprint density at radius 3 is 1.87 bits per heavy atom. The van der Waals surface area contributed by atoms with Crippen molar-refractivity contribution in [2.24, 2.45) is 0 Å². The second-order valence-corrected chi connectivity index (χ2v) is 19.1. The fourth-order valence-electron chi connectivity index (χ4n) is 11.9. The maximum atomic E-state index is 2.50. The third kappa shape index (κ3) is 5.48. The second kappa shape index (κ2) is 13.9. The summed E-state index contributed by atoms with van der Waals surface area (Å²) in [5.74, 6) is 0.656. The smallest absolute Gasteiger partial charge is 0.0561 e. The van der Waals surface area contributed by atoms with Gasteiger partial charge in [0.1, 0.15) is 0 Å². The standard InChI is InChI=1S/C60H52N2/c1-59(2)53-27-16-23-48(50-25-15-24-49-45-21-11-13-26-52(45)60(3,4)58(49)50)57(53)51-36-34-43(37-54(51)59)61(42-31-29-40(30-32-42)39-17-7-5-8-18-39)44-33-35-47-46-22-12-14-28-55(46)62(56(47)38-44)41-19-9-6-10-20-41/h6,9-16,19-39H,5,7-8,17-18H2,1-4H3. The molecule has 0 aliphatic heterocycles. The van der Waals surface area contributed by atoms with Crippen LogP contribution in [0.5, 0.6) is 0 Å². The van der Waals surface area contributed by atoms with E-state index in [4.69, 9.17) is 0 Å². The minimum absolute atomic E-state index is 0.105. The van der Waals surface area contributed by atoms with E-state index in [-0.39, 0.29) is 10.8 Å². The van der Waals surface area contributed by atoms with Crippen LogP contribution in [0, 0.1) is 0 Å². The van der Waals surface area contributed by atoms with Crippen molar-refractivity contribution in [1.29, 1.82) is 0 Å². The van der Waals surface area contributed by atoms with Crippen molar-refractivity contribution in [3.05, 3.63) is 204 Å². The molecule has 2 nitrogen and oxygen atoms in total. The molecule has 1 saturated carbocycles. The summed E-state index contributed by atoms with van der Waals surface area (Å²) in [4.78, 5) is 2.50. The maximum absolute atomic E-state index is 2.50. The number of aromatic nitrogens is 1. The molecule has 0 bridgehead atoms. The van der Waals surface area contributed by atoms with Crippen LogP contribution in [0.2, 0.25) is 0 Å². The quantitative estimate of drug-likeness (QED) is 0.163. The Morgan fingerprint density at radius 2 is 1.05 bits per heavy atom. The first-order valence-electron chi connectivity index (χ1n) is 22.8. The fourth-order valence-corrected chi connectivity index (χ4v) is 11.9. The monoisotopic (exact) mass is 800 g/mol. The van der Waals surface area contributed by atoms with Crippen molar-refractivity contribution in [2.45, 2.75) is 76.5 Å². The summed E-state index contributed by atoms with van der Waals surface area (Å²) in [6, 6.07) is 66.6. The van der Waals surface area contributed by atoms with E-state index in [0.29, 0.717) is 5.92 Å². The molecule has 62 heavy (non-hydrogen) atoms. The number of nitrogens with zero attached hydrogens (tertiary/aromatic N) is 2. The number of fused-ring (bicyclic) bond motifs is 9. The molecule has 0 atom stereocenters. The number of anilines is 3. The van der Waals surface area contributed by atoms with Crippen molar-refractivity contribution in [2.75, 3.05) is 4.90 Å². The van der Waals surface area contributed by atoms with Crippen LogP contribution < -0.4 is 4.90 Å². The van der Waals surface area contributed by atoms with Gasteiger partial charge in [-0.15, -0.1) is 0 Å². The Kier molecular flexibility index (Phi) is 8.35. The lowest BCUT2D eigenvalue weighted by atomic mass is 9.77. The van der Waals surface area contributed by atoms with Crippen LogP contribution >= 0.6 is 0 Å². The Bertz CT molecular complexity index is 3210. The molecule has 3 aliphatic carbocycles. The summed E-state index contributed by atoms with van der Waals surface area (Å²) in [5.41, 5.74) is 22.0. The highest BCUT2D eigenvalue weighted by molar-refractivity contribution is 6.10. The van der Waals surface area contributed by atoms with Gasteiger partial charge in [0.25, 0.3) is 0 Å². The van der Waals surface area contributed by atoms with Gasteiger partial charge in [-0.25, -0.2) is 0 Å². The number of rotatable bonds is 6. The molecule has 0 N–H and O–H groups in total. The second-order valence-electron chi connectivity index (χ2n) is 19.1. The van der Waals surface area contributed by atoms with E-state index in [0.717, 1.165) is 5.69 Å². The summed E-state index contributed by atoms with van der Waals surface area (Å²) in [5, 5.41) is 2.53. The van der Waals surface area contributed by atoms with Crippen LogP contribution in [0.3, 0.4) is 0 Å². The maximum Gasteiger partial charge on any atom is 0.0561 e. The molecule has 1 aromatic heterocycles. The highest BCUT2D eigenvalue weighted by atomic mass is 15.1. The first kappa shape index (κ1) is 37.1. The van der Waals surface area contributed by atoms with E-state index < -0.39 is 0 Å². The minimum atomic E-state index is -0.201. The lowest BCUT2D eigenvalue weighted by Gasteiger charge is -2.29. The first-order chi connectivity index (χ1) is 30.3. The Hall–Kier alpha value is -6.64. The summed E-state index contributed by atoms with van der Waals surface area (Å²) in [6.45, 7) is 9.66. The Morgan fingerprint density at radius 1 is 0.435 bits per heavy atom. The first-order valence-corrected chi connectivity index (χ1v) is 22.8. The van der Waals surface area contributed by atoms with Crippen molar-refractivity contribution < 1.29 is 0 Å². The van der Waals surface area contributed by atoms with Gasteiger partial charge in [0.05, 0.1) is 11.0 Å². The van der Waals surface area contributed by atoms with Crippen LogP contribution in [0.1, 0.15) is 93.5 Å². The van der Waals surface area contributed by atoms with Gasteiger partial charge in [-0.3, -0.25) is 0 Å². The van der Waals surface area contributed by atoms with E-state index in [2.05, 4.69) is 213 Å². The van der Waals surface area contributed by atoms with Crippen LogP contribution in [0.15, 0.2) is 176 Å². The molecular weight excluding hydrogens is 749 g/mol. The van der Waals surface area contributed by atoms with Gasteiger partial charge in [0.15, 0.2) is 0 Å². The number of hydrogen-bond acceptors (Lipinski definition) is 1. The molecular formula is C60H52N2. The molecule has 2 heteroatoms. The van der Waals surface area contributed by atoms with Crippen LogP contribution in [-0.2, 0) is 10.8 Å². The van der Waals surface area contributed by atoms with Crippen molar-refractivity contribution in [3.63, 3.8) is 0 Å². The lowest BCUT2D eigenvalue weighted by Crippen LogP contribution is -2.17. The van der Waals surface area contributed by atoms with Gasteiger partial charge in [0.2, 0.25) is 0 Å². The molecule has 8 aromatic carbocycles. The average molecular weight is 801 g/mol. The molecule has 1 heterocycles. The molecule has 0 spiro atoms. The van der Waals surface area contributed by atoms with Crippen LogP contribution in [0.25, 0.3) is 60.9 Å². The summed E-state index contributed by atoms with van der Waals surface area (Å²) in [6.07, 6.45) is 6.62. The molecule has 0 saturated heterocycles. The summed E-state index contributed by atoms with van der Waals surface area (Å²) >= 11 is 0. The van der Waals surface area contributed by atoms with Gasteiger partial charge in [-0.1, -0.05) is 168 Å². The third-order valence-corrected chi connectivity index (χ3v) is 15.0. The zero-order valence-electron chi connectivity index (χ0n) is 36.3. The van der Waals surface area contributed by atoms with Crippen molar-refractivity contribution in [3.8, 4) is 39.1 Å². The largest absolute Gasteiger partial charge is 0.310 e. The van der Waals surface area contributed by atoms with E-state index in [1.54, 1.807) is 0 Å². The predicted octanol–water partition coefficient (Wildman–Crippen LogP) is 16.6. The number of benzene rings is 8. The summed E-state index contributed by atoms with van der Waals surface area (Å²) < 4.78 is 2.43. The van der Waals surface area contributed by atoms with Gasteiger partial charge in [0, 0.05) is 44.4 Å². The van der Waals surface area contributed by atoms with Gasteiger partial charge in [-0.05, 0) is 135 Å². The minimum Gasteiger partial charge on any atom is -0.310 e. The highest BCUT2D eigenvalue weighted by Gasteiger charge is 2.41. The number of hydrogen-bond donors (Lipinski definition) is 0. The fraction of sp³-hybridized carbons (Fsp3) is 0.200. The topological polar surface area (TPSA) is 8.17 Å². The van der Waals surface area contributed by atoms with E-state index in [1.807, 2.05) is 0 Å². The SMILES string of the molecule is CC1(C)c2cc(N(c3ccc(C4CCCCC4)cc3)c3ccc4c5ccccc5n(-c5ccccc5)c4c3)ccc2-c2c(-c3cccc4c3C(C)(C)c3ccccc3-4)cccc21. The van der Waals surface area contributed by atoms with Gasteiger partial charge in [-0.2, -0.15) is 0 Å². The van der Waals surface area contributed by atoms with E-state index >= 15 is 0 Å². The molecule has 302 valence electrons. The molecule has 0 radical (unpaired) electrons. The lowest BCUT2D eigenvalue weighted by molar-refractivity contribution is 0.443. The zero-order chi connectivity index (χ0) is 41.7. The molecule has 0 amide bonds. The molecule has 1 fully saturated rings. The molecule has 3 aliphatic rings. The predicted molar refractivity (Wildman–Crippen MR) is 262 cm³/mol. The van der Waals surface area contributed by atoms with Gasteiger partial charge >= 0.3 is 0 Å².